The largest absolute Gasteiger partial charge is 0.371 e. The molecule has 6 rings (SSSR count). The second-order valence-corrected chi connectivity index (χ2v) is 10.6. The highest BCUT2D eigenvalue weighted by Gasteiger charge is 2.45. The van der Waals surface area contributed by atoms with Crippen LogP contribution in [0.1, 0.15) is 31.7 Å². The number of fused-ring (bicyclic) bond motifs is 1. The molecule has 0 saturated carbocycles. The number of amides is 2. The van der Waals surface area contributed by atoms with Crippen LogP contribution >= 0.6 is 11.6 Å². The van der Waals surface area contributed by atoms with Gasteiger partial charge in [-0.05, 0) is 55.7 Å². The summed E-state index contributed by atoms with van der Waals surface area (Å²) < 4.78 is 3.20. The van der Waals surface area contributed by atoms with Crippen LogP contribution in [0.25, 0.3) is 11.0 Å². The van der Waals surface area contributed by atoms with Gasteiger partial charge in [0.25, 0.3) is 0 Å². The topological polar surface area (TPSA) is 79.6 Å². The van der Waals surface area contributed by atoms with Gasteiger partial charge in [-0.1, -0.05) is 17.7 Å². The van der Waals surface area contributed by atoms with E-state index in [4.69, 9.17) is 11.6 Å². The van der Waals surface area contributed by atoms with Crippen molar-refractivity contribution >= 4 is 45.8 Å². The van der Waals surface area contributed by atoms with Crippen molar-refractivity contribution in [2.45, 2.75) is 31.7 Å². The van der Waals surface area contributed by atoms with Gasteiger partial charge in [0.15, 0.2) is 0 Å². The number of aryl methyl sites for hydroxylation is 1. The fourth-order valence-electron chi connectivity index (χ4n) is 6.04. The predicted octanol–water partition coefficient (Wildman–Crippen LogP) is 3.08. The van der Waals surface area contributed by atoms with Gasteiger partial charge in [0.05, 0.1) is 16.7 Å². The quantitative estimate of drug-likeness (QED) is 0.567. The molecule has 3 fully saturated rings. The van der Waals surface area contributed by atoms with E-state index in [1.807, 2.05) is 24.3 Å². The summed E-state index contributed by atoms with van der Waals surface area (Å²) >= 11 is 6.04. The molecule has 2 amide bonds. The minimum absolute atomic E-state index is 0.228. The number of hydrogen-bond acceptors (Lipinski definition) is 5. The van der Waals surface area contributed by atoms with Crippen LogP contribution in [-0.2, 0) is 16.6 Å². The zero-order valence-corrected chi connectivity index (χ0v) is 20.4. The molecule has 1 atom stereocenters. The van der Waals surface area contributed by atoms with Crippen LogP contribution in [0.5, 0.6) is 0 Å². The fraction of sp³-hybridized carbons (Fsp3) is 0.423. The molecule has 1 unspecified atom stereocenters. The Morgan fingerprint density at radius 1 is 0.971 bits per heavy atom. The van der Waals surface area contributed by atoms with E-state index in [-0.39, 0.29) is 23.4 Å². The molecule has 3 aromatic rings. The summed E-state index contributed by atoms with van der Waals surface area (Å²) in [7, 11) is 1.76. The minimum Gasteiger partial charge on any atom is -0.371 e. The van der Waals surface area contributed by atoms with Crippen molar-refractivity contribution in [2.75, 3.05) is 36.0 Å². The molecule has 1 spiro atoms. The number of nitrogens with zero attached hydrogens (tertiary/aromatic N) is 4. The summed E-state index contributed by atoms with van der Waals surface area (Å²) in [5.41, 5.74) is 3.89. The molecule has 35 heavy (non-hydrogen) atoms. The van der Waals surface area contributed by atoms with Crippen molar-refractivity contribution in [3.8, 4) is 0 Å². The lowest BCUT2D eigenvalue weighted by atomic mass is 9.71. The molecule has 3 saturated heterocycles. The summed E-state index contributed by atoms with van der Waals surface area (Å²) in [6, 6.07) is 13.3. The molecule has 1 aromatic heterocycles. The number of rotatable bonds is 3. The smallest absolute Gasteiger partial charge is 0.329 e. The molecule has 9 heteroatoms. The van der Waals surface area contributed by atoms with Crippen LogP contribution in [0, 0.1) is 5.41 Å². The lowest BCUT2D eigenvalue weighted by molar-refractivity contribution is -0.135. The first-order valence-electron chi connectivity index (χ1n) is 12.1. The Labute approximate surface area is 208 Å². The summed E-state index contributed by atoms with van der Waals surface area (Å²) in [4.78, 5) is 42.1. The van der Waals surface area contributed by atoms with Crippen LogP contribution in [0.4, 0.5) is 11.4 Å². The van der Waals surface area contributed by atoms with Gasteiger partial charge < -0.3 is 9.80 Å². The molecule has 3 aliphatic rings. The monoisotopic (exact) mass is 493 g/mol. The number of imide groups is 1. The second kappa shape index (κ2) is 8.16. The highest BCUT2D eigenvalue weighted by Crippen LogP contribution is 2.45. The Hall–Kier alpha value is -3.26. The van der Waals surface area contributed by atoms with E-state index in [9.17, 15) is 14.4 Å². The van der Waals surface area contributed by atoms with Crippen LogP contribution in [0.15, 0.2) is 47.3 Å². The fourth-order valence-corrected chi connectivity index (χ4v) is 6.17. The maximum Gasteiger partial charge on any atom is 0.329 e. The number of piperidine rings is 2. The van der Waals surface area contributed by atoms with Gasteiger partial charge in [0.1, 0.15) is 6.04 Å². The van der Waals surface area contributed by atoms with Gasteiger partial charge in [-0.15, -0.1) is 0 Å². The van der Waals surface area contributed by atoms with Crippen LogP contribution in [-0.4, -0.2) is 47.1 Å². The molecule has 0 radical (unpaired) electrons. The molecule has 0 aliphatic carbocycles. The number of para-hydroxylation sites is 1. The zero-order chi connectivity index (χ0) is 24.3. The SMILES string of the molecule is Cn1c(=O)n(C2CCC(=O)NC2=O)c2cccc(N3CC4(CCN(c5ccc(Cl)cc5)CC4)C3)c21. The van der Waals surface area contributed by atoms with Crippen LogP contribution < -0.4 is 20.8 Å². The first-order valence-corrected chi connectivity index (χ1v) is 12.5. The van der Waals surface area contributed by atoms with Gasteiger partial charge in [0.2, 0.25) is 11.8 Å². The molecule has 2 aromatic carbocycles. The Morgan fingerprint density at radius 2 is 1.69 bits per heavy atom. The molecule has 4 heterocycles. The molecule has 1 N–H and O–H groups in total. The molecular formula is C26H28ClN5O3. The van der Waals surface area contributed by atoms with E-state index in [1.165, 1.54) is 5.69 Å². The van der Waals surface area contributed by atoms with Crippen molar-refractivity contribution < 1.29 is 9.59 Å². The number of anilines is 2. The predicted molar refractivity (Wildman–Crippen MR) is 136 cm³/mol. The molecule has 182 valence electrons. The standard InChI is InChI=1S/C26H28ClN5O3/c1-29-23-19(3-2-4-20(23)32(25(29)35)21-9-10-22(33)28-24(21)34)31-15-26(16-31)11-13-30(14-12-26)18-7-5-17(27)6-8-18/h2-8,21H,9-16H2,1H3,(H,28,33,34). The van der Waals surface area contributed by atoms with Gasteiger partial charge >= 0.3 is 5.69 Å². The van der Waals surface area contributed by atoms with Gasteiger partial charge in [-0.25, -0.2) is 4.79 Å². The highest BCUT2D eigenvalue weighted by molar-refractivity contribution is 6.30. The van der Waals surface area contributed by atoms with E-state index in [0.717, 1.165) is 60.8 Å². The van der Waals surface area contributed by atoms with E-state index in [2.05, 4.69) is 33.3 Å². The highest BCUT2D eigenvalue weighted by atomic mass is 35.5. The van der Waals surface area contributed by atoms with Crippen LogP contribution in [0.2, 0.25) is 5.02 Å². The third-order valence-corrected chi connectivity index (χ3v) is 8.26. The molecule has 3 aliphatic heterocycles. The normalized spacial score (nSPS) is 21.9. The molecular weight excluding hydrogens is 466 g/mol. The van der Waals surface area contributed by atoms with Crippen molar-refractivity contribution in [3.63, 3.8) is 0 Å². The van der Waals surface area contributed by atoms with Gasteiger partial charge in [-0.3, -0.25) is 24.0 Å². The average Bonchev–Trinajstić information content (AvgIpc) is 3.08. The summed E-state index contributed by atoms with van der Waals surface area (Å²) in [6.07, 6.45) is 2.82. The lowest BCUT2D eigenvalue weighted by Gasteiger charge is -2.55. The molecule has 0 bridgehead atoms. The third-order valence-electron chi connectivity index (χ3n) is 8.01. The van der Waals surface area contributed by atoms with Crippen LogP contribution in [0.3, 0.4) is 0 Å². The zero-order valence-electron chi connectivity index (χ0n) is 19.7. The van der Waals surface area contributed by atoms with Crippen molar-refractivity contribution in [1.82, 2.24) is 14.5 Å². The van der Waals surface area contributed by atoms with Gasteiger partial charge in [0, 0.05) is 55.8 Å². The van der Waals surface area contributed by atoms with E-state index < -0.39 is 11.9 Å². The molecule has 8 nitrogen and oxygen atoms in total. The number of carbonyl (C=O) groups is 2. The Kier molecular flexibility index (Phi) is 5.18. The van der Waals surface area contributed by atoms with E-state index >= 15 is 0 Å². The maximum atomic E-state index is 13.2. The van der Waals surface area contributed by atoms with E-state index in [0.29, 0.717) is 6.42 Å². The average molecular weight is 494 g/mol. The Bertz CT molecular complexity index is 1380. The first-order chi connectivity index (χ1) is 16.8. The number of nitrogens with one attached hydrogen (secondary N) is 1. The number of halogens is 1. The Morgan fingerprint density at radius 3 is 2.37 bits per heavy atom. The first kappa shape index (κ1) is 22.2. The summed E-state index contributed by atoms with van der Waals surface area (Å²) in [5.74, 6) is -0.690. The Balaban J connectivity index is 1.23. The number of benzene rings is 2. The van der Waals surface area contributed by atoms with Crippen molar-refractivity contribution in [2.24, 2.45) is 12.5 Å². The number of carbonyl (C=O) groups excluding carboxylic acids is 2. The van der Waals surface area contributed by atoms with Crippen molar-refractivity contribution in [1.29, 1.82) is 0 Å². The number of hydrogen-bond donors (Lipinski definition) is 1. The summed E-state index contributed by atoms with van der Waals surface area (Å²) in [5, 5.41) is 3.13. The lowest BCUT2D eigenvalue weighted by Crippen LogP contribution is -2.60. The van der Waals surface area contributed by atoms with Crippen molar-refractivity contribution in [3.05, 3.63) is 58.0 Å². The number of aromatic nitrogens is 2. The third kappa shape index (κ3) is 3.62. The minimum atomic E-state index is -0.668. The second-order valence-electron chi connectivity index (χ2n) is 10.1. The van der Waals surface area contributed by atoms with E-state index in [1.54, 1.807) is 16.2 Å². The van der Waals surface area contributed by atoms with Gasteiger partial charge in [-0.2, -0.15) is 0 Å². The summed E-state index contributed by atoms with van der Waals surface area (Å²) in [6.45, 7) is 3.95. The maximum absolute atomic E-state index is 13.2. The number of imidazole rings is 1.